The fourth-order valence-corrected chi connectivity index (χ4v) is 1.64. The molecule has 0 bridgehead atoms. The van der Waals surface area contributed by atoms with Gasteiger partial charge in [0.05, 0.1) is 4.92 Å². The molecule has 0 aliphatic rings. The van der Waals surface area contributed by atoms with Crippen LogP contribution in [0.2, 0.25) is 0 Å². The number of hydrogen-bond acceptors (Lipinski definition) is 5. The molecule has 0 fully saturated rings. The largest absolute Gasteiger partial charge is 0.480 e. The third-order valence-electron chi connectivity index (χ3n) is 2.69. The molecule has 8 heteroatoms. The number of non-ortho nitro benzene ring substituents is 1. The second-order valence-electron chi connectivity index (χ2n) is 4.13. The first kappa shape index (κ1) is 15.6. The fraction of sp³-hybridized carbons (Fsp3) is 0.333. The predicted molar refractivity (Wildman–Crippen MR) is 68.4 cm³/mol. The minimum Gasteiger partial charge on any atom is -0.480 e. The van der Waals surface area contributed by atoms with E-state index in [4.69, 9.17) is 10.2 Å². The number of carbonyl (C=O) groups is 2. The van der Waals surface area contributed by atoms with Crippen molar-refractivity contribution in [1.82, 2.24) is 5.32 Å². The van der Waals surface area contributed by atoms with Gasteiger partial charge in [0.25, 0.3) is 11.6 Å². The molecule has 8 nitrogen and oxygen atoms in total. The van der Waals surface area contributed by atoms with Crippen molar-refractivity contribution in [1.29, 1.82) is 0 Å². The van der Waals surface area contributed by atoms with Crippen molar-refractivity contribution >= 4 is 17.6 Å². The number of aliphatic hydroxyl groups is 1. The Kier molecular flexibility index (Phi) is 5.15. The van der Waals surface area contributed by atoms with Crippen LogP contribution in [-0.2, 0) is 4.79 Å². The zero-order chi connectivity index (χ0) is 15.3. The summed E-state index contributed by atoms with van der Waals surface area (Å²) in [7, 11) is 0. The van der Waals surface area contributed by atoms with Gasteiger partial charge in [-0.2, -0.15) is 0 Å². The minimum atomic E-state index is -1.26. The molecule has 0 aromatic heterocycles. The summed E-state index contributed by atoms with van der Waals surface area (Å²) in [6, 6.07) is 2.46. The van der Waals surface area contributed by atoms with Gasteiger partial charge in [-0.05, 0) is 18.6 Å². The van der Waals surface area contributed by atoms with Gasteiger partial charge in [-0.1, -0.05) is 0 Å². The summed E-state index contributed by atoms with van der Waals surface area (Å²) in [4.78, 5) is 32.8. The van der Waals surface area contributed by atoms with Crippen molar-refractivity contribution in [2.75, 3.05) is 6.61 Å². The van der Waals surface area contributed by atoms with Gasteiger partial charge in [0.2, 0.25) is 0 Å². The van der Waals surface area contributed by atoms with Crippen LogP contribution in [0.5, 0.6) is 0 Å². The average molecular weight is 282 g/mol. The second kappa shape index (κ2) is 6.62. The summed E-state index contributed by atoms with van der Waals surface area (Å²) in [6.45, 7) is 1.14. The Morgan fingerprint density at radius 1 is 1.45 bits per heavy atom. The molecule has 1 amide bonds. The van der Waals surface area contributed by atoms with Crippen LogP contribution >= 0.6 is 0 Å². The van der Waals surface area contributed by atoms with E-state index in [1.807, 2.05) is 0 Å². The number of nitro benzene ring substituents is 1. The third-order valence-corrected chi connectivity index (χ3v) is 2.69. The zero-order valence-corrected chi connectivity index (χ0v) is 10.7. The Labute approximate surface area is 114 Å². The topological polar surface area (TPSA) is 130 Å². The third kappa shape index (κ3) is 3.75. The van der Waals surface area contributed by atoms with E-state index in [9.17, 15) is 19.7 Å². The van der Waals surface area contributed by atoms with Gasteiger partial charge in [0.1, 0.15) is 6.04 Å². The van der Waals surface area contributed by atoms with Crippen LogP contribution < -0.4 is 5.32 Å². The van der Waals surface area contributed by atoms with E-state index >= 15 is 0 Å². The SMILES string of the molecule is Cc1cc([N+](=O)[O-])ccc1C(=O)N[C@@H](CCO)C(=O)O. The molecule has 1 atom stereocenters. The number of amides is 1. The van der Waals surface area contributed by atoms with E-state index in [1.54, 1.807) is 0 Å². The van der Waals surface area contributed by atoms with Crippen LogP contribution in [0.4, 0.5) is 5.69 Å². The van der Waals surface area contributed by atoms with E-state index in [0.717, 1.165) is 0 Å². The quantitative estimate of drug-likeness (QED) is 0.513. The molecule has 108 valence electrons. The lowest BCUT2D eigenvalue weighted by Gasteiger charge is -2.14. The number of aliphatic carboxylic acids is 1. The Hall–Kier alpha value is -2.48. The summed E-state index contributed by atoms with van der Waals surface area (Å²) in [5.74, 6) is -1.91. The number of hydrogen-bond donors (Lipinski definition) is 3. The van der Waals surface area contributed by atoms with Crippen molar-refractivity contribution in [3.8, 4) is 0 Å². The van der Waals surface area contributed by atoms with Crippen molar-refractivity contribution in [3.05, 3.63) is 39.4 Å². The molecule has 0 aliphatic carbocycles. The number of aryl methyl sites for hydroxylation is 1. The summed E-state index contributed by atoms with van der Waals surface area (Å²) in [5.41, 5.74) is 0.369. The highest BCUT2D eigenvalue weighted by molar-refractivity contribution is 5.98. The van der Waals surface area contributed by atoms with E-state index in [1.165, 1.54) is 25.1 Å². The lowest BCUT2D eigenvalue weighted by molar-refractivity contribution is -0.384. The minimum absolute atomic E-state index is 0.118. The Morgan fingerprint density at radius 3 is 2.55 bits per heavy atom. The van der Waals surface area contributed by atoms with Crippen LogP contribution in [0.1, 0.15) is 22.3 Å². The molecule has 0 unspecified atom stereocenters. The lowest BCUT2D eigenvalue weighted by Crippen LogP contribution is -2.41. The van der Waals surface area contributed by atoms with Gasteiger partial charge in [0.15, 0.2) is 0 Å². The van der Waals surface area contributed by atoms with E-state index in [-0.39, 0.29) is 24.3 Å². The van der Waals surface area contributed by atoms with Crippen LogP contribution in [-0.4, -0.2) is 39.7 Å². The highest BCUT2D eigenvalue weighted by atomic mass is 16.6. The van der Waals surface area contributed by atoms with Crippen molar-refractivity contribution in [2.24, 2.45) is 0 Å². The first-order chi connectivity index (χ1) is 9.36. The first-order valence-corrected chi connectivity index (χ1v) is 5.76. The summed E-state index contributed by atoms with van der Waals surface area (Å²) in [5, 5.41) is 30.4. The van der Waals surface area contributed by atoms with Crippen molar-refractivity contribution in [2.45, 2.75) is 19.4 Å². The second-order valence-corrected chi connectivity index (χ2v) is 4.13. The number of nitro groups is 1. The van der Waals surface area contributed by atoms with Crippen molar-refractivity contribution < 1.29 is 24.7 Å². The lowest BCUT2D eigenvalue weighted by atomic mass is 10.1. The number of carboxylic acid groups (broad SMARTS) is 1. The number of benzene rings is 1. The highest BCUT2D eigenvalue weighted by Gasteiger charge is 2.21. The molecule has 0 saturated heterocycles. The van der Waals surface area contributed by atoms with Gasteiger partial charge < -0.3 is 15.5 Å². The van der Waals surface area contributed by atoms with Gasteiger partial charge >= 0.3 is 5.97 Å². The van der Waals surface area contributed by atoms with Gasteiger partial charge in [-0.25, -0.2) is 4.79 Å². The Morgan fingerprint density at radius 2 is 2.10 bits per heavy atom. The summed E-state index contributed by atoms with van der Waals surface area (Å²) >= 11 is 0. The molecular weight excluding hydrogens is 268 g/mol. The maximum atomic E-state index is 11.9. The van der Waals surface area contributed by atoms with Crippen LogP contribution in [0.15, 0.2) is 18.2 Å². The van der Waals surface area contributed by atoms with E-state index in [2.05, 4.69) is 5.32 Å². The molecule has 3 N–H and O–H groups in total. The average Bonchev–Trinajstić information content (AvgIpc) is 2.37. The maximum Gasteiger partial charge on any atom is 0.326 e. The van der Waals surface area contributed by atoms with E-state index < -0.39 is 22.8 Å². The number of aliphatic hydroxyl groups excluding tert-OH is 1. The molecule has 1 rings (SSSR count). The predicted octanol–water partition coefficient (Wildman–Crippen LogP) is 0.469. The number of carbonyl (C=O) groups excluding carboxylic acids is 1. The summed E-state index contributed by atoms with van der Waals surface area (Å²) < 4.78 is 0. The number of carboxylic acids is 1. The standard InChI is InChI=1S/C12H14N2O6/c1-7-6-8(14(19)20)2-3-9(7)11(16)13-10(4-5-15)12(17)18/h2-3,6,10,15H,4-5H2,1H3,(H,13,16)(H,17,18)/t10-/m0/s1. The number of nitrogens with one attached hydrogen (secondary N) is 1. The molecule has 0 heterocycles. The molecule has 20 heavy (non-hydrogen) atoms. The molecule has 0 aliphatic heterocycles. The zero-order valence-electron chi connectivity index (χ0n) is 10.7. The van der Waals surface area contributed by atoms with Gasteiger partial charge in [0, 0.05) is 30.7 Å². The number of nitrogens with zero attached hydrogens (tertiary/aromatic N) is 1. The molecule has 0 radical (unpaired) electrons. The highest BCUT2D eigenvalue weighted by Crippen LogP contribution is 2.17. The Bertz CT molecular complexity index is 543. The van der Waals surface area contributed by atoms with Crippen LogP contribution in [0, 0.1) is 17.0 Å². The molecule has 1 aromatic rings. The molecule has 0 saturated carbocycles. The molecule has 0 spiro atoms. The summed E-state index contributed by atoms with van der Waals surface area (Å²) in [6.07, 6.45) is -0.118. The van der Waals surface area contributed by atoms with Gasteiger partial charge in [-0.3, -0.25) is 14.9 Å². The van der Waals surface area contributed by atoms with E-state index in [0.29, 0.717) is 5.56 Å². The molecular formula is C12H14N2O6. The fourth-order valence-electron chi connectivity index (χ4n) is 1.64. The normalized spacial score (nSPS) is 11.7. The first-order valence-electron chi connectivity index (χ1n) is 5.76. The smallest absolute Gasteiger partial charge is 0.326 e. The Balaban J connectivity index is 2.92. The van der Waals surface area contributed by atoms with Crippen LogP contribution in [0.3, 0.4) is 0 Å². The monoisotopic (exact) mass is 282 g/mol. The maximum absolute atomic E-state index is 11.9. The van der Waals surface area contributed by atoms with Gasteiger partial charge in [-0.15, -0.1) is 0 Å². The van der Waals surface area contributed by atoms with Crippen LogP contribution in [0.25, 0.3) is 0 Å². The van der Waals surface area contributed by atoms with Crippen molar-refractivity contribution in [3.63, 3.8) is 0 Å². The molecule has 1 aromatic carbocycles. The number of rotatable bonds is 6.